The Hall–Kier alpha value is -6.78. The van der Waals surface area contributed by atoms with E-state index in [2.05, 4.69) is 180 Å². The highest BCUT2D eigenvalue weighted by Crippen LogP contribution is 2.53. The van der Waals surface area contributed by atoms with Gasteiger partial charge in [0.2, 0.25) is 0 Å². The number of para-hydroxylation sites is 6. The predicted molar refractivity (Wildman–Crippen MR) is 208 cm³/mol. The van der Waals surface area contributed by atoms with Crippen LogP contribution >= 0.6 is 0 Å². The summed E-state index contributed by atoms with van der Waals surface area (Å²) in [7, 11) is 0. The number of nitrogens with zero attached hydrogens (tertiary/aromatic N) is 2. The molecule has 0 aliphatic heterocycles. The smallest absolute Gasteiger partial charge is 0.145 e. The molecular formula is C46H30N2O2. The summed E-state index contributed by atoms with van der Waals surface area (Å²) in [6.45, 7) is 0. The third-order valence-electron chi connectivity index (χ3n) is 9.59. The van der Waals surface area contributed by atoms with Crippen molar-refractivity contribution in [1.29, 1.82) is 0 Å². The van der Waals surface area contributed by atoms with Gasteiger partial charge < -0.3 is 18.6 Å². The van der Waals surface area contributed by atoms with E-state index in [0.29, 0.717) is 0 Å². The number of rotatable bonds is 6. The van der Waals surface area contributed by atoms with E-state index < -0.39 is 0 Å². The molecule has 0 saturated heterocycles. The van der Waals surface area contributed by atoms with Crippen molar-refractivity contribution in [2.45, 2.75) is 0 Å². The zero-order valence-corrected chi connectivity index (χ0v) is 27.0. The van der Waals surface area contributed by atoms with Crippen molar-refractivity contribution < 1.29 is 8.83 Å². The first-order valence-electron chi connectivity index (χ1n) is 16.9. The van der Waals surface area contributed by atoms with Crippen molar-refractivity contribution in [3.63, 3.8) is 0 Å². The molecule has 0 saturated carbocycles. The minimum Gasteiger partial charge on any atom is -0.455 e. The first kappa shape index (κ1) is 28.3. The molecule has 0 spiro atoms. The largest absolute Gasteiger partial charge is 0.455 e. The van der Waals surface area contributed by atoms with Crippen molar-refractivity contribution >= 4 is 88.8 Å². The molecular weight excluding hydrogens is 613 g/mol. The highest BCUT2D eigenvalue weighted by atomic mass is 16.3. The third-order valence-corrected chi connectivity index (χ3v) is 9.59. The van der Waals surface area contributed by atoms with Gasteiger partial charge in [-0.1, -0.05) is 109 Å². The SMILES string of the molecule is c1ccc(N(c2ccccc2)c2cc3c4ccccc4oc3c3c(N(c4ccccc4)c4ccccc4)cc4c5ccccc5oc4c23)cc1. The zero-order chi connectivity index (χ0) is 33.0. The fraction of sp³-hybridized carbons (Fsp3) is 0. The second-order valence-corrected chi connectivity index (χ2v) is 12.5. The molecule has 0 fully saturated rings. The van der Waals surface area contributed by atoms with E-state index in [-0.39, 0.29) is 0 Å². The second-order valence-electron chi connectivity index (χ2n) is 12.5. The average molecular weight is 643 g/mol. The van der Waals surface area contributed by atoms with E-state index in [1.807, 2.05) is 12.1 Å². The fourth-order valence-corrected chi connectivity index (χ4v) is 7.44. The van der Waals surface area contributed by atoms with Crippen LogP contribution in [0.5, 0.6) is 0 Å². The molecule has 2 aromatic heterocycles. The Bertz CT molecular complexity index is 2530. The zero-order valence-electron chi connectivity index (χ0n) is 27.0. The molecule has 0 aliphatic rings. The Morgan fingerprint density at radius 3 is 0.940 bits per heavy atom. The number of hydrogen-bond acceptors (Lipinski definition) is 4. The molecule has 0 N–H and O–H groups in total. The monoisotopic (exact) mass is 642 g/mol. The maximum atomic E-state index is 6.91. The number of fused-ring (bicyclic) bond motifs is 9. The highest BCUT2D eigenvalue weighted by Gasteiger charge is 2.28. The fourth-order valence-electron chi connectivity index (χ4n) is 7.44. The van der Waals surface area contributed by atoms with Gasteiger partial charge in [-0.3, -0.25) is 0 Å². The minimum absolute atomic E-state index is 0.820. The van der Waals surface area contributed by atoms with Crippen molar-refractivity contribution in [2.75, 3.05) is 9.80 Å². The topological polar surface area (TPSA) is 32.8 Å². The van der Waals surface area contributed by atoms with E-state index >= 15 is 0 Å². The lowest BCUT2D eigenvalue weighted by Gasteiger charge is -2.30. The van der Waals surface area contributed by atoms with Crippen LogP contribution in [0.4, 0.5) is 34.1 Å². The van der Waals surface area contributed by atoms with E-state index in [4.69, 9.17) is 8.83 Å². The summed E-state index contributed by atoms with van der Waals surface area (Å²) in [6.07, 6.45) is 0. The molecule has 10 rings (SSSR count). The van der Waals surface area contributed by atoms with Crippen LogP contribution in [0.15, 0.2) is 191 Å². The van der Waals surface area contributed by atoms with Crippen LogP contribution in [-0.4, -0.2) is 0 Å². The van der Waals surface area contributed by atoms with E-state index in [1.54, 1.807) is 0 Å². The van der Waals surface area contributed by atoms with Crippen LogP contribution in [0, 0.1) is 0 Å². The van der Waals surface area contributed by atoms with Crippen LogP contribution in [0.2, 0.25) is 0 Å². The summed E-state index contributed by atoms with van der Waals surface area (Å²) in [5, 5.41) is 6.16. The van der Waals surface area contributed by atoms with Gasteiger partial charge in [0.05, 0.1) is 22.1 Å². The Kier molecular flexibility index (Phi) is 6.46. The summed E-state index contributed by atoms with van der Waals surface area (Å²) in [4.78, 5) is 4.69. The molecule has 4 nitrogen and oxygen atoms in total. The van der Waals surface area contributed by atoms with Gasteiger partial charge in [0.1, 0.15) is 22.3 Å². The highest BCUT2D eigenvalue weighted by molar-refractivity contribution is 6.31. The van der Waals surface area contributed by atoms with Crippen LogP contribution in [-0.2, 0) is 0 Å². The Morgan fingerprint density at radius 1 is 0.300 bits per heavy atom. The van der Waals surface area contributed by atoms with Gasteiger partial charge in [-0.15, -0.1) is 0 Å². The van der Waals surface area contributed by atoms with Crippen LogP contribution < -0.4 is 9.80 Å². The van der Waals surface area contributed by atoms with Gasteiger partial charge in [0.25, 0.3) is 0 Å². The van der Waals surface area contributed by atoms with E-state index in [9.17, 15) is 0 Å². The van der Waals surface area contributed by atoms with Crippen LogP contribution in [0.25, 0.3) is 54.6 Å². The molecule has 8 aromatic carbocycles. The predicted octanol–water partition coefficient (Wildman–Crippen LogP) is 13.6. The summed E-state index contributed by atoms with van der Waals surface area (Å²) < 4.78 is 13.8. The molecule has 0 unspecified atom stereocenters. The molecule has 0 radical (unpaired) electrons. The Labute approximate surface area is 288 Å². The number of benzene rings is 8. The normalized spacial score (nSPS) is 11.6. The number of anilines is 6. The summed E-state index contributed by atoms with van der Waals surface area (Å²) in [6, 6.07) is 63.5. The van der Waals surface area contributed by atoms with Gasteiger partial charge in [-0.05, 0) is 72.8 Å². The summed E-state index contributed by atoms with van der Waals surface area (Å²) in [5.74, 6) is 0. The van der Waals surface area contributed by atoms with Crippen molar-refractivity contribution in [2.24, 2.45) is 0 Å². The van der Waals surface area contributed by atoms with E-state index in [1.165, 1.54) is 0 Å². The quantitative estimate of drug-likeness (QED) is 0.181. The standard InChI is InChI=1S/C46H30N2O2/c1-5-17-31(18-6-1)47(32-19-7-2-8-20-32)39-29-37-35-25-13-15-27-41(35)50-46(37)44-40(30-38-36-26-14-16-28-42(36)49-45(38)43(39)44)48(33-21-9-3-10-22-33)34-23-11-4-12-24-34/h1-30H. The molecule has 4 heteroatoms. The maximum absolute atomic E-state index is 6.91. The molecule has 0 amide bonds. The lowest BCUT2D eigenvalue weighted by atomic mass is 9.96. The summed E-state index contributed by atoms with van der Waals surface area (Å²) >= 11 is 0. The first-order chi connectivity index (χ1) is 24.8. The Morgan fingerprint density at radius 2 is 0.600 bits per heavy atom. The molecule has 0 atom stereocenters. The minimum atomic E-state index is 0.820. The van der Waals surface area contributed by atoms with Crippen molar-refractivity contribution in [1.82, 2.24) is 0 Å². The number of hydrogen-bond donors (Lipinski definition) is 0. The maximum Gasteiger partial charge on any atom is 0.145 e. The number of furan rings is 2. The Balaban J connectivity index is 1.47. The van der Waals surface area contributed by atoms with Gasteiger partial charge in [0.15, 0.2) is 0 Å². The molecule has 2 heterocycles. The first-order valence-corrected chi connectivity index (χ1v) is 16.9. The molecule has 10 aromatic rings. The summed E-state index contributed by atoms with van der Waals surface area (Å²) in [5.41, 5.74) is 9.51. The molecule has 0 aliphatic carbocycles. The van der Waals surface area contributed by atoms with Crippen molar-refractivity contribution in [3.8, 4) is 0 Å². The average Bonchev–Trinajstić information content (AvgIpc) is 3.75. The van der Waals surface area contributed by atoms with Gasteiger partial charge in [-0.25, -0.2) is 0 Å². The third kappa shape index (κ3) is 4.39. The lowest BCUT2D eigenvalue weighted by molar-refractivity contribution is 0.669. The van der Waals surface area contributed by atoms with Gasteiger partial charge in [-0.2, -0.15) is 0 Å². The van der Waals surface area contributed by atoms with Gasteiger partial charge in [0, 0.05) is 44.3 Å². The van der Waals surface area contributed by atoms with E-state index in [0.717, 1.165) is 88.8 Å². The second kappa shape index (κ2) is 11.4. The molecule has 50 heavy (non-hydrogen) atoms. The van der Waals surface area contributed by atoms with Crippen molar-refractivity contribution in [3.05, 3.63) is 182 Å². The lowest BCUT2D eigenvalue weighted by Crippen LogP contribution is -2.13. The molecule has 236 valence electrons. The van der Waals surface area contributed by atoms with Crippen LogP contribution in [0.1, 0.15) is 0 Å². The molecule has 0 bridgehead atoms. The van der Waals surface area contributed by atoms with Gasteiger partial charge >= 0.3 is 0 Å². The van der Waals surface area contributed by atoms with Crippen LogP contribution in [0.3, 0.4) is 0 Å².